The van der Waals surface area contributed by atoms with Gasteiger partial charge in [-0.05, 0) is 28.8 Å². The summed E-state index contributed by atoms with van der Waals surface area (Å²) in [7, 11) is 5.19. The van der Waals surface area contributed by atoms with E-state index in [-0.39, 0.29) is 12.4 Å². The zero-order chi connectivity index (χ0) is 22.1. The summed E-state index contributed by atoms with van der Waals surface area (Å²) in [5, 5.41) is 6.26. The summed E-state index contributed by atoms with van der Waals surface area (Å²) in [4.78, 5) is 5.84. The number of alkyl halides is 3. The lowest BCUT2D eigenvalue weighted by atomic mass is 10.1. The molecule has 0 atom stereocenters. The Morgan fingerprint density at radius 1 is 0.967 bits per heavy atom. The van der Waals surface area contributed by atoms with E-state index >= 15 is 0 Å². The van der Waals surface area contributed by atoms with Gasteiger partial charge in [-0.2, -0.15) is 13.2 Å². The van der Waals surface area contributed by atoms with Gasteiger partial charge in [-0.15, -0.1) is 0 Å². The normalized spacial score (nSPS) is 12.0. The molecule has 2 aromatic rings. The average molecular weight is 426 g/mol. The Hall–Kier alpha value is -2.81. The highest BCUT2D eigenvalue weighted by atomic mass is 19.4. The van der Waals surface area contributed by atoms with Crippen molar-refractivity contribution in [1.29, 1.82) is 0 Å². The van der Waals surface area contributed by atoms with Gasteiger partial charge < -0.3 is 20.3 Å². The maximum Gasteiger partial charge on any atom is 0.411 e. The first kappa shape index (κ1) is 23.5. The van der Waals surface area contributed by atoms with E-state index in [4.69, 9.17) is 0 Å². The maximum absolute atomic E-state index is 14.1. The molecule has 0 aliphatic carbocycles. The topological polar surface area (TPSA) is 48.9 Å². The molecule has 0 aliphatic heterocycles. The smallest absolute Gasteiger partial charge is 0.375 e. The molecule has 0 unspecified atom stereocenters. The molecule has 2 aromatic carbocycles. The van der Waals surface area contributed by atoms with Gasteiger partial charge in [0.25, 0.3) is 0 Å². The number of halogens is 4. The van der Waals surface area contributed by atoms with Gasteiger partial charge in [-0.1, -0.05) is 30.3 Å². The average Bonchev–Trinajstić information content (AvgIpc) is 2.68. The Labute approximate surface area is 173 Å². The van der Waals surface area contributed by atoms with Gasteiger partial charge in [-0.3, -0.25) is 4.99 Å². The van der Waals surface area contributed by atoms with Crippen LogP contribution in [0.1, 0.15) is 16.7 Å². The van der Waals surface area contributed by atoms with Crippen molar-refractivity contribution in [3.05, 3.63) is 65.0 Å². The van der Waals surface area contributed by atoms with Gasteiger partial charge >= 0.3 is 6.18 Å². The number of nitrogens with zero attached hydrogens (tertiary/aromatic N) is 2. The van der Waals surface area contributed by atoms with Crippen molar-refractivity contribution in [2.75, 3.05) is 32.6 Å². The Bertz CT molecular complexity index is 836. The maximum atomic E-state index is 14.1. The molecule has 2 rings (SSSR count). The lowest BCUT2D eigenvalue weighted by molar-refractivity contribution is -0.176. The van der Waals surface area contributed by atoms with Crippen LogP contribution in [-0.4, -0.2) is 39.9 Å². The molecular weight excluding hydrogens is 400 g/mol. The third-order valence-corrected chi connectivity index (χ3v) is 4.19. The molecule has 0 saturated carbocycles. The van der Waals surface area contributed by atoms with Gasteiger partial charge in [0, 0.05) is 34.2 Å². The van der Waals surface area contributed by atoms with E-state index in [0.29, 0.717) is 30.3 Å². The lowest BCUT2D eigenvalue weighted by Crippen LogP contribution is -2.36. The monoisotopic (exact) mass is 426 g/mol. The first-order chi connectivity index (χ1) is 14.2. The second kappa shape index (κ2) is 10.8. The fraction of sp³-hybridized carbons (Fsp3) is 0.381. The zero-order valence-electron chi connectivity index (χ0n) is 17.2. The highest BCUT2D eigenvalue weighted by Crippen LogP contribution is 2.18. The van der Waals surface area contributed by atoms with E-state index in [9.17, 15) is 17.6 Å². The standard InChI is InChI=1S/C21H26F4N4O/c1-26-20(28-12-17-8-9-19(29(2)3)18(22)10-17)27-11-15-4-6-16(7-5-15)13-30-14-21(23,24)25/h4-10H,11-14H2,1-3H3,(H2,26,27,28). The second-order valence-corrected chi connectivity index (χ2v) is 6.88. The van der Waals surface area contributed by atoms with Crippen LogP contribution < -0.4 is 15.5 Å². The van der Waals surface area contributed by atoms with E-state index < -0.39 is 12.8 Å². The molecule has 0 amide bonds. The number of nitrogens with one attached hydrogen (secondary N) is 2. The summed E-state index contributed by atoms with van der Waals surface area (Å²) in [5.74, 6) is 0.256. The van der Waals surface area contributed by atoms with Gasteiger partial charge in [0.2, 0.25) is 0 Å². The van der Waals surface area contributed by atoms with Crippen molar-refractivity contribution in [3.63, 3.8) is 0 Å². The van der Waals surface area contributed by atoms with Gasteiger partial charge in [0.15, 0.2) is 5.96 Å². The quantitative estimate of drug-likeness (QED) is 0.383. The third-order valence-electron chi connectivity index (χ3n) is 4.19. The molecule has 5 nitrogen and oxygen atoms in total. The molecule has 0 spiro atoms. The SMILES string of the molecule is CN=C(NCc1ccc(COCC(F)(F)F)cc1)NCc1ccc(N(C)C)c(F)c1. The van der Waals surface area contributed by atoms with Crippen molar-refractivity contribution in [3.8, 4) is 0 Å². The minimum Gasteiger partial charge on any atom is -0.375 e. The van der Waals surface area contributed by atoms with Crippen LogP contribution in [0, 0.1) is 5.82 Å². The summed E-state index contributed by atoms with van der Waals surface area (Å²) < 4.78 is 55.0. The Kier molecular flexibility index (Phi) is 8.46. The second-order valence-electron chi connectivity index (χ2n) is 6.88. The van der Waals surface area contributed by atoms with Crippen molar-refractivity contribution < 1.29 is 22.3 Å². The number of hydrogen-bond donors (Lipinski definition) is 2. The predicted molar refractivity (Wildman–Crippen MR) is 110 cm³/mol. The van der Waals surface area contributed by atoms with E-state index in [1.54, 1.807) is 44.2 Å². The molecule has 0 aromatic heterocycles. The Morgan fingerprint density at radius 3 is 2.07 bits per heavy atom. The molecule has 0 fully saturated rings. The van der Waals surface area contributed by atoms with Crippen LogP contribution in [0.2, 0.25) is 0 Å². The van der Waals surface area contributed by atoms with Crippen LogP contribution in [0.5, 0.6) is 0 Å². The molecule has 0 saturated heterocycles. The highest BCUT2D eigenvalue weighted by molar-refractivity contribution is 5.79. The number of guanidine groups is 1. The molecule has 0 radical (unpaired) electrons. The fourth-order valence-electron chi connectivity index (χ4n) is 2.65. The zero-order valence-corrected chi connectivity index (χ0v) is 17.2. The Morgan fingerprint density at radius 2 is 1.53 bits per heavy atom. The molecule has 164 valence electrons. The minimum absolute atomic E-state index is 0.0976. The molecule has 0 aliphatic rings. The Balaban J connectivity index is 1.80. The predicted octanol–water partition coefficient (Wildman–Crippen LogP) is 3.84. The summed E-state index contributed by atoms with van der Waals surface area (Å²) in [5.41, 5.74) is 2.89. The minimum atomic E-state index is -4.33. The van der Waals surface area contributed by atoms with E-state index in [1.807, 2.05) is 18.2 Å². The molecule has 30 heavy (non-hydrogen) atoms. The van der Waals surface area contributed by atoms with Gasteiger partial charge in [0.1, 0.15) is 12.4 Å². The number of anilines is 1. The van der Waals surface area contributed by atoms with Crippen molar-refractivity contribution >= 4 is 11.6 Å². The lowest BCUT2D eigenvalue weighted by Gasteiger charge is -2.15. The summed E-state index contributed by atoms with van der Waals surface area (Å²) in [6.45, 7) is -0.489. The fourth-order valence-corrected chi connectivity index (χ4v) is 2.65. The summed E-state index contributed by atoms with van der Waals surface area (Å²) in [6, 6.07) is 12.1. The van der Waals surface area contributed by atoms with E-state index in [2.05, 4.69) is 20.4 Å². The number of rotatable bonds is 8. The van der Waals surface area contributed by atoms with Crippen molar-refractivity contribution in [1.82, 2.24) is 10.6 Å². The van der Waals surface area contributed by atoms with Crippen LogP contribution in [0.25, 0.3) is 0 Å². The van der Waals surface area contributed by atoms with Gasteiger partial charge in [0.05, 0.1) is 12.3 Å². The number of benzene rings is 2. The van der Waals surface area contributed by atoms with Crippen LogP contribution in [0.15, 0.2) is 47.5 Å². The summed E-state index contributed by atoms with van der Waals surface area (Å²) in [6.07, 6.45) is -4.33. The molecule has 9 heteroatoms. The van der Waals surface area contributed by atoms with Crippen LogP contribution in [0.3, 0.4) is 0 Å². The van der Waals surface area contributed by atoms with E-state index in [1.165, 1.54) is 6.07 Å². The van der Waals surface area contributed by atoms with Crippen molar-refractivity contribution in [2.24, 2.45) is 4.99 Å². The van der Waals surface area contributed by atoms with E-state index in [0.717, 1.165) is 11.1 Å². The van der Waals surface area contributed by atoms with Crippen LogP contribution in [0.4, 0.5) is 23.2 Å². The van der Waals surface area contributed by atoms with Crippen LogP contribution >= 0.6 is 0 Å². The number of hydrogen-bond acceptors (Lipinski definition) is 3. The van der Waals surface area contributed by atoms with Crippen molar-refractivity contribution in [2.45, 2.75) is 25.9 Å². The third kappa shape index (κ3) is 7.90. The largest absolute Gasteiger partial charge is 0.411 e. The highest BCUT2D eigenvalue weighted by Gasteiger charge is 2.27. The number of ether oxygens (including phenoxy) is 1. The first-order valence-corrected chi connectivity index (χ1v) is 9.30. The first-order valence-electron chi connectivity index (χ1n) is 9.30. The summed E-state index contributed by atoms with van der Waals surface area (Å²) >= 11 is 0. The molecular formula is C21H26F4N4O. The molecule has 0 heterocycles. The van der Waals surface area contributed by atoms with Gasteiger partial charge in [-0.25, -0.2) is 4.39 Å². The molecule has 0 bridgehead atoms. The molecule has 2 N–H and O–H groups in total. The number of aliphatic imine (C=N–C) groups is 1. The van der Waals surface area contributed by atoms with Crippen LogP contribution in [-0.2, 0) is 24.4 Å².